The third-order valence-corrected chi connectivity index (χ3v) is 5.49. The molecule has 108 valence electrons. The molecule has 3 aliphatic carbocycles. The molecule has 2 bridgehead atoms. The number of esters is 2. The van der Waals surface area contributed by atoms with Crippen molar-refractivity contribution in [1.82, 2.24) is 0 Å². The highest BCUT2D eigenvalue weighted by Gasteiger charge is 2.83. The molecule has 3 rings (SSSR count). The van der Waals surface area contributed by atoms with Crippen LogP contribution < -0.4 is 0 Å². The highest BCUT2D eigenvalue weighted by molar-refractivity contribution is 6.10. The normalized spacial score (nSPS) is 41.7. The minimum absolute atomic E-state index is 0.0846. The Labute approximate surface area is 117 Å². The van der Waals surface area contributed by atoms with Gasteiger partial charge >= 0.3 is 11.9 Å². The van der Waals surface area contributed by atoms with Gasteiger partial charge in [0, 0.05) is 19.3 Å². The molecular formula is C15H18O5. The summed E-state index contributed by atoms with van der Waals surface area (Å²) in [6.45, 7) is 5.43. The van der Waals surface area contributed by atoms with Gasteiger partial charge in [-0.1, -0.05) is 12.2 Å². The second-order valence-electron chi connectivity index (χ2n) is 5.95. The van der Waals surface area contributed by atoms with Crippen LogP contribution >= 0.6 is 0 Å². The summed E-state index contributed by atoms with van der Waals surface area (Å²) in [5, 5.41) is 0. The average Bonchev–Trinajstić information content (AvgIpc) is 2.69. The highest BCUT2D eigenvalue weighted by Crippen LogP contribution is 2.76. The number of ether oxygens (including phenoxy) is 2. The van der Waals surface area contributed by atoms with Gasteiger partial charge in [0.1, 0.15) is 11.5 Å². The van der Waals surface area contributed by atoms with E-state index in [1.165, 1.54) is 14.0 Å². The number of methoxy groups -OCH3 is 1. The molecule has 0 heterocycles. The van der Waals surface area contributed by atoms with Crippen molar-refractivity contribution in [1.29, 1.82) is 0 Å². The first-order valence-electron chi connectivity index (χ1n) is 6.91. The third kappa shape index (κ3) is 1.13. The summed E-state index contributed by atoms with van der Waals surface area (Å²) >= 11 is 0. The maximum Gasteiger partial charge on any atom is 0.321 e. The lowest BCUT2D eigenvalue weighted by atomic mass is 9.36. The van der Waals surface area contributed by atoms with E-state index in [0.717, 1.165) is 5.57 Å². The molecule has 3 fully saturated rings. The quantitative estimate of drug-likeness (QED) is 0.434. The largest absolute Gasteiger partial charge is 0.468 e. The molecule has 1 spiro atoms. The van der Waals surface area contributed by atoms with E-state index in [9.17, 15) is 14.4 Å². The highest BCUT2D eigenvalue weighted by atomic mass is 16.5. The summed E-state index contributed by atoms with van der Waals surface area (Å²) in [5.74, 6) is -1.12. The van der Waals surface area contributed by atoms with Gasteiger partial charge in [0.2, 0.25) is 0 Å². The van der Waals surface area contributed by atoms with Gasteiger partial charge in [0.15, 0.2) is 5.78 Å². The first-order chi connectivity index (χ1) is 9.42. The maximum atomic E-state index is 12.5. The Morgan fingerprint density at radius 3 is 2.65 bits per heavy atom. The molecule has 0 aliphatic heterocycles. The zero-order valence-electron chi connectivity index (χ0n) is 11.7. The molecule has 0 unspecified atom stereocenters. The molecule has 0 amide bonds. The number of carbonyl (C=O) groups is 3. The fraction of sp³-hybridized carbons (Fsp3) is 0.667. The number of rotatable bonds is 2. The molecule has 0 radical (unpaired) electrons. The lowest BCUT2D eigenvalue weighted by Crippen LogP contribution is -2.71. The number of Topliss-reactive ketones (excluding diaryl/α,β-unsaturated/α-hetero) is 1. The van der Waals surface area contributed by atoms with Crippen LogP contribution in [0.2, 0.25) is 0 Å². The van der Waals surface area contributed by atoms with Crippen LogP contribution in [0.5, 0.6) is 0 Å². The Balaban J connectivity index is 2.12. The zero-order chi connectivity index (χ0) is 14.7. The lowest BCUT2D eigenvalue weighted by Gasteiger charge is -2.65. The fourth-order valence-corrected chi connectivity index (χ4v) is 4.90. The lowest BCUT2D eigenvalue weighted by molar-refractivity contribution is -0.209. The van der Waals surface area contributed by atoms with Gasteiger partial charge in [0.25, 0.3) is 0 Å². The topological polar surface area (TPSA) is 69.7 Å². The molecule has 0 aromatic rings. The van der Waals surface area contributed by atoms with E-state index in [2.05, 4.69) is 6.58 Å². The molecule has 0 saturated heterocycles. The van der Waals surface area contributed by atoms with Gasteiger partial charge in [-0.05, 0) is 19.3 Å². The van der Waals surface area contributed by atoms with Crippen LogP contribution in [0.1, 0.15) is 32.6 Å². The van der Waals surface area contributed by atoms with Gasteiger partial charge < -0.3 is 9.47 Å². The Bertz CT molecular complexity index is 536. The van der Waals surface area contributed by atoms with Crippen molar-refractivity contribution in [2.45, 2.75) is 38.7 Å². The maximum absolute atomic E-state index is 12.5. The van der Waals surface area contributed by atoms with Gasteiger partial charge in [-0.2, -0.15) is 0 Å². The number of hydrogen-bond donors (Lipinski definition) is 0. The Hall–Kier alpha value is -1.65. The third-order valence-electron chi connectivity index (χ3n) is 5.49. The second-order valence-corrected chi connectivity index (χ2v) is 5.95. The molecule has 0 aromatic heterocycles. The zero-order valence-corrected chi connectivity index (χ0v) is 11.7. The first-order valence-corrected chi connectivity index (χ1v) is 6.91. The Kier molecular flexibility index (Phi) is 2.62. The predicted octanol–water partition coefficient (Wildman–Crippen LogP) is 1.41. The van der Waals surface area contributed by atoms with E-state index in [1.807, 2.05) is 0 Å². The van der Waals surface area contributed by atoms with E-state index < -0.39 is 22.9 Å². The van der Waals surface area contributed by atoms with E-state index in [0.29, 0.717) is 25.7 Å². The van der Waals surface area contributed by atoms with Gasteiger partial charge in [-0.3, -0.25) is 14.4 Å². The number of fused-ring (bicyclic) bond motifs is 2. The van der Waals surface area contributed by atoms with Crippen LogP contribution in [0.25, 0.3) is 0 Å². The van der Waals surface area contributed by atoms with Crippen LogP contribution in [0.4, 0.5) is 0 Å². The molecule has 5 nitrogen and oxygen atoms in total. The van der Waals surface area contributed by atoms with Gasteiger partial charge in [-0.25, -0.2) is 0 Å². The summed E-state index contributed by atoms with van der Waals surface area (Å²) in [6.07, 6.45) is 1.72. The molecule has 4 atom stereocenters. The second kappa shape index (κ2) is 3.93. The molecule has 20 heavy (non-hydrogen) atoms. The van der Waals surface area contributed by atoms with Crippen molar-refractivity contribution in [2.24, 2.45) is 16.7 Å². The average molecular weight is 278 g/mol. The van der Waals surface area contributed by atoms with E-state index in [-0.39, 0.29) is 17.7 Å². The summed E-state index contributed by atoms with van der Waals surface area (Å²) < 4.78 is 10.3. The van der Waals surface area contributed by atoms with Gasteiger partial charge in [-0.15, -0.1) is 0 Å². The fourth-order valence-electron chi connectivity index (χ4n) is 4.90. The van der Waals surface area contributed by atoms with Gasteiger partial charge in [0.05, 0.1) is 12.5 Å². The standard InChI is InChI=1S/C15H18O5/c1-8-10-4-5-12(20-9(2)16)14(8)7-6-11(17)15(10,14)13(18)19-3/h10,12H,1,4-7H2,2-3H3/t10-,12-,14-,15+/m0/s1. The number of hydrogen-bond acceptors (Lipinski definition) is 5. The minimum atomic E-state index is -1.16. The van der Waals surface area contributed by atoms with Crippen molar-refractivity contribution >= 4 is 17.7 Å². The molecule has 3 aliphatic rings. The SMILES string of the molecule is C=C1[C@@H]2CC[C@H](OC(C)=O)[C@]13CCC(=O)[C@@]23C(=O)OC. The van der Waals surface area contributed by atoms with Crippen LogP contribution in [0, 0.1) is 16.7 Å². The molecule has 5 heteroatoms. The van der Waals surface area contributed by atoms with Crippen molar-refractivity contribution in [3.05, 3.63) is 12.2 Å². The van der Waals surface area contributed by atoms with E-state index >= 15 is 0 Å². The summed E-state index contributed by atoms with van der Waals surface area (Å²) in [5.41, 5.74) is -1.01. The van der Waals surface area contributed by atoms with Crippen LogP contribution in [-0.2, 0) is 23.9 Å². The summed E-state index contributed by atoms with van der Waals surface area (Å²) in [4.78, 5) is 36.2. The molecule has 3 saturated carbocycles. The predicted molar refractivity (Wildman–Crippen MR) is 68.5 cm³/mol. The molecule has 0 N–H and O–H groups in total. The Morgan fingerprint density at radius 2 is 2.05 bits per heavy atom. The monoisotopic (exact) mass is 278 g/mol. The minimum Gasteiger partial charge on any atom is -0.468 e. The summed E-state index contributed by atoms with van der Waals surface area (Å²) in [7, 11) is 1.30. The molecule has 0 aromatic carbocycles. The van der Waals surface area contributed by atoms with Crippen molar-refractivity contribution in [3.63, 3.8) is 0 Å². The number of ketones is 1. The van der Waals surface area contributed by atoms with Crippen molar-refractivity contribution in [2.75, 3.05) is 7.11 Å². The molecular weight excluding hydrogens is 260 g/mol. The Morgan fingerprint density at radius 1 is 1.35 bits per heavy atom. The van der Waals surface area contributed by atoms with E-state index in [1.54, 1.807) is 0 Å². The number of carbonyl (C=O) groups excluding carboxylic acids is 3. The van der Waals surface area contributed by atoms with Crippen LogP contribution in [0.15, 0.2) is 12.2 Å². The van der Waals surface area contributed by atoms with E-state index in [4.69, 9.17) is 9.47 Å². The van der Waals surface area contributed by atoms with Crippen molar-refractivity contribution in [3.8, 4) is 0 Å². The first kappa shape index (κ1) is 13.3. The van der Waals surface area contributed by atoms with Crippen LogP contribution in [0.3, 0.4) is 0 Å². The summed E-state index contributed by atoms with van der Waals surface area (Å²) in [6, 6.07) is 0. The van der Waals surface area contributed by atoms with Crippen molar-refractivity contribution < 1.29 is 23.9 Å². The van der Waals surface area contributed by atoms with Crippen LogP contribution in [-0.4, -0.2) is 30.9 Å². The smallest absolute Gasteiger partial charge is 0.321 e.